The largest absolute Gasteiger partial charge is 0.390 e. The van der Waals surface area contributed by atoms with Crippen molar-refractivity contribution in [3.63, 3.8) is 0 Å². The summed E-state index contributed by atoms with van der Waals surface area (Å²) in [4.78, 5) is 133. The van der Waals surface area contributed by atoms with Gasteiger partial charge in [-0.15, -0.1) is 0 Å². The molecular weight excluding hydrogens is 951 g/mol. The highest BCUT2D eigenvalue weighted by Gasteiger charge is 2.44. The molecule has 1 rings (SSSR count). The molecule has 21 heteroatoms. The van der Waals surface area contributed by atoms with Crippen molar-refractivity contribution in [3.8, 4) is 0 Å². The smallest absolute Gasteiger partial charge is 0.246 e. The average Bonchev–Trinajstić information content (AvgIpc) is 3.31. The lowest BCUT2D eigenvalue weighted by molar-refractivity contribution is -0.156. The first-order valence-corrected chi connectivity index (χ1v) is 25.9. The van der Waals surface area contributed by atoms with Gasteiger partial charge in [-0.2, -0.15) is 0 Å². The Morgan fingerprint density at radius 1 is 0.581 bits per heavy atom. The predicted octanol–water partition coefficient (Wildman–Crippen LogP) is 0.861. The highest BCUT2D eigenvalue weighted by Crippen LogP contribution is 2.24. The Kier molecular flexibility index (Phi) is 29.2. The van der Waals surface area contributed by atoms with Crippen LogP contribution in [0.1, 0.15) is 116 Å². The summed E-state index contributed by atoms with van der Waals surface area (Å²) in [5, 5.41) is 27.7. The van der Waals surface area contributed by atoms with Gasteiger partial charge in [0, 0.05) is 61.3 Å². The molecule has 0 aromatic carbocycles. The summed E-state index contributed by atoms with van der Waals surface area (Å²) in [5.41, 5.74) is 0. The number of hydrogen-bond donors (Lipinski definition) is 7. The van der Waals surface area contributed by atoms with Crippen LogP contribution in [0.3, 0.4) is 0 Å². The molecule has 0 unspecified atom stereocenters. The Labute approximate surface area is 442 Å². The normalized spacial score (nSPS) is 26.4. The molecule has 9 amide bonds. The molecule has 9 atom stereocenters. The number of nitrogens with zero attached hydrogens (tertiary/aromatic N) is 5. The molecule has 0 aromatic rings. The maximum atomic E-state index is 14.8. The zero-order valence-corrected chi connectivity index (χ0v) is 47.5. The number of nitrogens with one attached hydrogen (secondary N) is 6. The molecule has 74 heavy (non-hydrogen) atoms. The van der Waals surface area contributed by atoms with Gasteiger partial charge in [0.1, 0.15) is 54.9 Å². The van der Waals surface area contributed by atoms with Gasteiger partial charge in [0.15, 0.2) is 6.54 Å². The molecule has 0 aromatic heterocycles. The molecule has 6 radical (unpaired) electrons. The molecule has 0 spiro atoms. The summed E-state index contributed by atoms with van der Waals surface area (Å²) >= 11 is 0. The van der Waals surface area contributed by atoms with Gasteiger partial charge in [0.2, 0.25) is 53.2 Å². The van der Waals surface area contributed by atoms with Gasteiger partial charge in [0.05, 0.1) is 6.10 Å². The van der Waals surface area contributed by atoms with Crippen LogP contribution >= 0.6 is 0 Å². The monoisotopic (exact) mass is 1040 g/mol. The van der Waals surface area contributed by atoms with Crippen molar-refractivity contribution >= 4 is 53.2 Å². The molecule has 0 aliphatic carbocycles. The zero-order chi connectivity index (χ0) is 56.9. The Bertz CT molecular complexity index is 1890. The predicted molar refractivity (Wildman–Crippen MR) is 282 cm³/mol. The quantitative estimate of drug-likeness (QED) is 0.134. The van der Waals surface area contributed by atoms with Crippen molar-refractivity contribution in [2.45, 2.75) is 170 Å². The maximum absolute atomic E-state index is 14.8. The van der Waals surface area contributed by atoms with Crippen molar-refractivity contribution in [2.24, 2.45) is 29.6 Å². The van der Waals surface area contributed by atoms with E-state index in [1.165, 1.54) is 68.7 Å². The van der Waals surface area contributed by atoms with Gasteiger partial charge >= 0.3 is 0 Å². The Balaban J connectivity index is 3.88. The van der Waals surface area contributed by atoms with Crippen molar-refractivity contribution in [3.05, 3.63) is 31.7 Å². The van der Waals surface area contributed by atoms with Gasteiger partial charge in [0.25, 0.3) is 0 Å². The summed E-state index contributed by atoms with van der Waals surface area (Å²) in [6, 6.07) is -9.35. The average molecular weight is 1040 g/mol. The SMILES string of the molecule is C/C=C/C[C][C@@H](O)[C@H]1C(=O)N[C]CNCCN[C]C(=O)N[C@@H](C(C)C)C(=O)N(C)[C@@H](CC(C)C)C(=O)N[C@@H](C)C(=O)N[C@H](C)C(=O)N(C)[C@@H](CC(C)C)C(=O)N(C)[C@@H](CC(C)C)C(=O)N(C)[C@H](C(C)C)C(=O)N1C. The number of rotatable bonds is 12. The standard InChI is InChI=1S/C53H91N11O10/c1-19-20-21-22-41(65)45-48(69)56-26-25-54-23-24-55-30-42(66)59-43(34(8)9)52(73)60(14)38(27-31(2)3)47(68)57-36(12)46(67)58-37(13)49(70)61(15)39(28-32(4)5)50(71)62(16)40(29-33(6)7)51(72)63(17)44(35(10)11)53(74)64(45)18/h19-20,31-41,43-45,54-55,65H,21,23-25,27-29H2,1-18H3,(H,56,69)(H,57,68)(H,58,67)(H,59,66)/b20-19+/t36-,37+,38-,39-,40-,41+,43-,44+,45-/m0/s1. The summed E-state index contributed by atoms with van der Waals surface area (Å²) in [6.45, 7) is 28.6. The summed E-state index contributed by atoms with van der Waals surface area (Å²) in [6.07, 6.45) is 5.48. The van der Waals surface area contributed by atoms with E-state index >= 15 is 0 Å². The zero-order valence-electron chi connectivity index (χ0n) is 47.5. The van der Waals surface area contributed by atoms with E-state index in [0.717, 1.165) is 4.90 Å². The molecule has 0 saturated carbocycles. The molecule has 0 bridgehead atoms. The Hall–Kier alpha value is -5.15. The number of carbonyl (C=O) groups excluding carboxylic acids is 9. The number of amides is 9. The number of likely N-dealkylation sites (N-methyl/N-ethyl adjacent to an activating group) is 5. The maximum Gasteiger partial charge on any atom is 0.246 e. The lowest BCUT2D eigenvalue weighted by atomic mass is 9.95. The number of allylic oxidation sites excluding steroid dienone is 2. The molecule has 1 heterocycles. The van der Waals surface area contributed by atoms with E-state index in [0.29, 0.717) is 0 Å². The molecule has 1 aliphatic heterocycles. The minimum Gasteiger partial charge on any atom is -0.390 e. The minimum absolute atomic E-state index is 0.00721. The van der Waals surface area contributed by atoms with Crippen LogP contribution in [0.15, 0.2) is 12.2 Å². The summed E-state index contributed by atoms with van der Waals surface area (Å²) < 4.78 is 0. The van der Waals surface area contributed by atoms with Gasteiger partial charge in [-0.3, -0.25) is 48.5 Å². The minimum atomic E-state index is -1.57. The second-order valence-electron chi connectivity index (χ2n) is 21.3. The number of carbonyl (C=O) groups is 9. The summed E-state index contributed by atoms with van der Waals surface area (Å²) in [5.74, 6) is -7.01. The number of aliphatic hydroxyl groups excluding tert-OH is 1. The van der Waals surface area contributed by atoms with E-state index in [1.807, 2.05) is 41.5 Å². The Morgan fingerprint density at radius 2 is 1.07 bits per heavy atom. The van der Waals surface area contributed by atoms with Crippen LogP contribution < -0.4 is 31.9 Å². The van der Waals surface area contributed by atoms with E-state index in [1.54, 1.807) is 46.8 Å². The topological polar surface area (TPSA) is 262 Å². The lowest BCUT2D eigenvalue weighted by Gasteiger charge is -2.41. The van der Waals surface area contributed by atoms with Crippen LogP contribution in [0.5, 0.6) is 0 Å². The first kappa shape index (κ1) is 66.9. The molecule has 21 nitrogen and oxygen atoms in total. The van der Waals surface area contributed by atoms with E-state index in [4.69, 9.17) is 0 Å². The molecule has 7 N–H and O–H groups in total. The second kappa shape index (κ2) is 32.3. The van der Waals surface area contributed by atoms with Crippen molar-refractivity contribution in [2.75, 3.05) is 54.9 Å². The van der Waals surface area contributed by atoms with Crippen molar-refractivity contribution in [1.82, 2.24) is 56.4 Å². The van der Waals surface area contributed by atoms with Crippen LogP contribution in [0, 0.1) is 49.1 Å². The van der Waals surface area contributed by atoms with Gasteiger partial charge in [-0.05, 0) is 76.0 Å². The fourth-order valence-corrected chi connectivity index (χ4v) is 8.53. The number of hydrogen-bond acceptors (Lipinski definition) is 12. The van der Waals surface area contributed by atoms with Gasteiger partial charge < -0.3 is 56.2 Å². The third-order valence-corrected chi connectivity index (χ3v) is 12.8. The first-order chi connectivity index (χ1) is 34.4. The third kappa shape index (κ3) is 20.5. The Morgan fingerprint density at radius 3 is 1.58 bits per heavy atom. The fourth-order valence-electron chi connectivity index (χ4n) is 8.53. The second-order valence-corrected chi connectivity index (χ2v) is 21.3. The van der Waals surface area contributed by atoms with E-state index in [2.05, 4.69) is 51.4 Å². The van der Waals surface area contributed by atoms with Crippen molar-refractivity contribution in [1.29, 1.82) is 0 Å². The van der Waals surface area contributed by atoms with E-state index < -0.39 is 119 Å². The highest BCUT2D eigenvalue weighted by atomic mass is 16.3. The number of aliphatic hydroxyl groups is 1. The van der Waals surface area contributed by atoms with E-state index in [-0.39, 0.29) is 63.1 Å². The van der Waals surface area contributed by atoms with Gasteiger partial charge in [-0.1, -0.05) is 81.4 Å². The third-order valence-electron chi connectivity index (χ3n) is 12.8. The molecule has 1 saturated heterocycles. The molecule has 418 valence electrons. The van der Waals surface area contributed by atoms with Crippen molar-refractivity contribution < 1.29 is 48.3 Å². The van der Waals surface area contributed by atoms with Crippen LogP contribution in [-0.2, 0) is 43.2 Å². The van der Waals surface area contributed by atoms with Crippen LogP contribution in [0.2, 0.25) is 0 Å². The fraction of sp³-hybridized carbons (Fsp3) is 0.736. The first-order valence-electron chi connectivity index (χ1n) is 25.9. The molecule has 1 aliphatic rings. The van der Waals surface area contributed by atoms with E-state index in [9.17, 15) is 48.3 Å². The van der Waals surface area contributed by atoms with Crippen LogP contribution in [-0.4, -0.2) is 192 Å². The lowest BCUT2D eigenvalue weighted by Crippen LogP contribution is -2.62. The summed E-state index contributed by atoms with van der Waals surface area (Å²) in [7, 11) is 7.19. The van der Waals surface area contributed by atoms with Crippen LogP contribution in [0.25, 0.3) is 0 Å². The van der Waals surface area contributed by atoms with Crippen LogP contribution in [0.4, 0.5) is 0 Å². The van der Waals surface area contributed by atoms with Gasteiger partial charge in [-0.25, -0.2) is 0 Å². The molecule has 1 fully saturated rings. The molecular formula is C53H91N11O10. The highest BCUT2D eigenvalue weighted by molar-refractivity contribution is 5.98.